The molecule has 3 aliphatic heterocycles. The van der Waals surface area contributed by atoms with Crippen molar-refractivity contribution in [3.63, 3.8) is 0 Å². The fourth-order valence-electron chi connectivity index (χ4n) is 5.53. The number of imide groups is 1. The van der Waals surface area contributed by atoms with Crippen LogP contribution in [0.3, 0.4) is 0 Å². The Kier molecular flexibility index (Phi) is 6.99. The van der Waals surface area contributed by atoms with E-state index in [0.717, 1.165) is 5.69 Å². The molecule has 212 valence electrons. The summed E-state index contributed by atoms with van der Waals surface area (Å²) < 4.78 is 68.2. The normalized spacial score (nSPS) is 24.9. The van der Waals surface area contributed by atoms with Gasteiger partial charge in [0.1, 0.15) is 0 Å². The highest BCUT2D eigenvalue weighted by Gasteiger charge is 2.48. The number of carbonyl (C=O) groups excluding carboxylic acids is 3. The maximum absolute atomic E-state index is 14.4. The topological polar surface area (TPSA) is 100 Å². The first kappa shape index (κ1) is 27.2. The minimum Gasteiger partial charge on any atom is -0.369 e. The van der Waals surface area contributed by atoms with Gasteiger partial charge in [0.2, 0.25) is 0 Å². The van der Waals surface area contributed by atoms with E-state index in [1.165, 1.54) is 4.68 Å². The van der Waals surface area contributed by atoms with E-state index in [2.05, 4.69) is 20.2 Å². The number of rotatable bonds is 4. The van der Waals surface area contributed by atoms with Crippen LogP contribution in [0.2, 0.25) is 0 Å². The zero-order chi connectivity index (χ0) is 28.1. The van der Waals surface area contributed by atoms with E-state index in [-0.39, 0.29) is 30.1 Å². The number of hydrogen-bond acceptors (Lipinski definition) is 8. The summed E-state index contributed by atoms with van der Waals surface area (Å²) in [6.07, 6.45) is -5.30. The lowest BCUT2D eigenvalue weighted by Crippen LogP contribution is -2.61. The third-order valence-electron chi connectivity index (χ3n) is 7.53. The molecule has 3 saturated heterocycles. The van der Waals surface area contributed by atoms with Gasteiger partial charge in [0.15, 0.2) is 0 Å². The van der Waals surface area contributed by atoms with Crippen LogP contribution >= 0.6 is 0 Å². The van der Waals surface area contributed by atoms with Gasteiger partial charge in [0.05, 0.1) is 29.7 Å². The number of piperidine rings is 2. The SMILES string of the molecule is Cn1nc(C2CCC(=O)N(OC(=O)C(F)(F)F)C2=O)c2ccc(N3CCN([C@H]4CCNCC4(F)F)CC3)cc21. The van der Waals surface area contributed by atoms with Crippen LogP contribution in [0.4, 0.5) is 27.6 Å². The van der Waals surface area contributed by atoms with Crippen molar-refractivity contribution in [3.8, 4) is 0 Å². The number of benzene rings is 1. The Bertz CT molecular complexity index is 1290. The van der Waals surface area contributed by atoms with Crippen LogP contribution in [0.25, 0.3) is 10.9 Å². The Morgan fingerprint density at radius 3 is 2.51 bits per heavy atom. The second kappa shape index (κ2) is 10.0. The standard InChI is InChI=1S/C24H27F5N6O4/c1-32-17-12-14(33-8-10-34(11-9-33)18-6-7-30-13-23(18,25)26)2-3-15(17)20(31-32)16-4-5-19(36)35(21(16)37)39-22(38)24(27,28)29/h2-3,12,16,18,30H,4-11,13H2,1H3/t16?,18-/m0/s1. The highest BCUT2D eigenvalue weighted by molar-refractivity contribution is 6.02. The monoisotopic (exact) mass is 558 g/mol. The molecule has 2 atom stereocenters. The second-order valence-electron chi connectivity index (χ2n) is 9.97. The molecule has 10 nitrogen and oxygen atoms in total. The zero-order valence-electron chi connectivity index (χ0n) is 21.0. The van der Waals surface area contributed by atoms with Gasteiger partial charge in [0, 0.05) is 50.7 Å². The number of hydroxylamine groups is 2. The summed E-state index contributed by atoms with van der Waals surface area (Å²) in [7, 11) is 1.65. The van der Waals surface area contributed by atoms with Crippen molar-refractivity contribution < 1.29 is 41.2 Å². The van der Waals surface area contributed by atoms with Crippen molar-refractivity contribution in [1.29, 1.82) is 0 Å². The molecule has 0 bridgehead atoms. The molecule has 0 radical (unpaired) electrons. The highest BCUT2D eigenvalue weighted by atomic mass is 19.4. The lowest BCUT2D eigenvalue weighted by molar-refractivity contribution is -0.237. The van der Waals surface area contributed by atoms with Crippen molar-refractivity contribution in [2.24, 2.45) is 7.05 Å². The molecule has 1 aromatic carbocycles. The summed E-state index contributed by atoms with van der Waals surface area (Å²) >= 11 is 0. The minimum atomic E-state index is -5.37. The summed E-state index contributed by atoms with van der Waals surface area (Å²) in [5, 5.41) is 7.59. The Morgan fingerprint density at radius 1 is 1.13 bits per heavy atom. The van der Waals surface area contributed by atoms with Gasteiger partial charge in [-0.2, -0.15) is 18.3 Å². The summed E-state index contributed by atoms with van der Waals surface area (Å²) in [6.45, 7) is 2.27. The Labute approximate surface area is 219 Å². The molecule has 15 heteroatoms. The van der Waals surface area contributed by atoms with Crippen molar-refractivity contribution in [1.82, 2.24) is 25.1 Å². The average Bonchev–Trinajstić information content (AvgIpc) is 3.21. The molecule has 0 spiro atoms. The molecular weight excluding hydrogens is 531 g/mol. The Morgan fingerprint density at radius 2 is 1.85 bits per heavy atom. The smallest absolute Gasteiger partial charge is 0.369 e. The molecule has 5 rings (SSSR count). The number of nitrogens with one attached hydrogen (secondary N) is 1. The number of anilines is 1. The van der Waals surface area contributed by atoms with Gasteiger partial charge >= 0.3 is 12.1 Å². The summed E-state index contributed by atoms with van der Waals surface area (Å²) in [6, 6.07) is 4.59. The number of piperazine rings is 1. The second-order valence-corrected chi connectivity index (χ2v) is 9.97. The fourth-order valence-corrected chi connectivity index (χ4v) is 5.53. The lowest BCUT2D eigenvalue weighted by Gasteiger charge is -2.44. The van der Waals surface area contributed by atoms with E-state index in [1.807, 2.05) is 17.0 Å². The predicted molar refractivity (Wildman–Crippen MR) is 127 cm³/mol. The molecule has 3 fully saturated rings. The van der Waals surface area contributed by atoms with Crippen molar-refractivity contribution >= 4 is 34.4 Å². The van der Waals surface area contributed by atoms with Crippen LogP contribution in [-0.4, -0.2) is 94.9 Å². The first-order valence-corrected chi connectivity index (χ1v) is 12.6. The molecule has 0 aliphatic carbocycles. The van der Waals surface area contributed by atoms with E-state index in [9.17, 15) is 36.3 Å². The third-order valence-corrected chi connectivity index (χ3v) is 7.53. The van der Waals surface area contributed by atoms with Crippen LogP contribution in [0.5, 0.6) is 0 Å². The molecule has 2 aromatic rings. The number of nitrogens with zero attached hydrogens (tertiary/aromatic N) is 5. The molecule has 3 aliphatic rings. The number of halogens is 5. The van der Waals surface area contributed by atoms with Crippen molar-refractivity contribution in [3.05, 3.63) is 23.9 Å². The number of hydrogen-bond donors (Lipinski definition) is 1. The maximum Gasteiger partial charge on any atom is 0.493 e. The van der Waals surface area contributed by atoms with Gasteiger partial charge < -0.3 is 15.1 Å². The maximum atomic E-state index is 14.4. The number of aromatic nitrogens is 2. The van der Waals surface area contributed by atoms with E-state index in [1.54, 1.807) is 13.1 Å². The summed E-state index contributed by atoms with van der Waals surface area (Å²) in [5.74, 6) is -8.68. The van der Waals surface area contributed by atoms with Crippen LogP contribution in [0.1, 0.15) is 30.9 Å². The van der Waals surface area contributed by atoms with Crippen LogP contribution in [0.15, 0.2) is 18.2 Å². The fraction of sp³-hybridized carbons (Fsp3) is 0.583. The number of alkyl halides is 5. The van der Waals surface area contributed by atoms with Gasteiger partial charge in [-0.05, 0) is 37.6 Å². The van der Waals surface area contributed by atoms with E-state index >= 15 is 0 Å². The van der Waals surface area contributed by atoms with E-state index in [4.69, 9.17) is 0 Å². The molecule has 1 aromatic heterocycles. The number of fused-ring (bicyclic) bond motifs is 1. The van der Waals surface area contributed by atoms with Crippen molar-refractivity contribution in [2.45, 2.75) is 43.3 Å². The van der Waals surface area contributed by atoms with Gasteiger partial charge in [-0.3, -0.25) is 19.2 Å². The third kappa shape index (κ3) is 5.16. The molecule has 2 amide bonds. The largest absolute Gasteiger partial charge is 0.493 e. The van der Waals surface area contributed by atoms with Crippen LogP contribution in [0, 0.1) is 0 Å². The average molecular weight is 559 g/mol. The van der Waals surface area contributed by atoms with Gasteiger partial charge in [-0.1, -0.05) is 0 Å². The summed E-state index contributed by atoms with van der Waals surface area (Å²) in [5.41, 5.74) is 1.72. The number of carbonyl (C=O) groups is 3. The quantitative estimate of drug-likeness (QED) is 0.449. The molecular formula is C24H27F5N6O4. The molecule has 1 N–H and O–H groups in total. The molecule has 39 heavy (non-hydrogen) atoms. The Hall–Kier alpha value is -3.33. The molecule has 4 heterocycles. The van der Waals surface area contributed by atoms with E-state index < -0.39 is 41.8 Å². The lowest BCUT2D eigenvalue weighted by atomic mass is 9.92. The molecule has 1 unspecified atom stereocenters. The number of amides is 2. The first-order valence-electron chi connectivity index (χ1n) is 12.6. The van der Waals surface area contributed by atoms with Crippen LogP contribution < -0.4 is 10.2 Å². The van der Waals surface area contributed by atoms with Crippen molar-refractivity contribution in [2.75, 3.05) is 44.2 Å². The minimum absolute atomic E-state index is 0.00508. The first-order chi connectivity index (χ1) is 18.4. The van der Waals surface area contributed by atoms with Crippen LogP contribution in [-0.2, 0) is 26.3 Å². The summed E-state index contributed by atoms with van der Waals surface area (Å²) in [4.78, 5) is 44.2. The van der Waals surface area contributed by atoms with Gasteiger partial charge in [-0.25, -0.2) is 13.6 Å². The Balaban J connectivity index is 1.32. The number of aryl methyl sites for hydroxylation is 1. The molecule has 0 saturated carbocycles. The highest BCUT2D eigenvalue weighted by Crippen LogP contribution is 2.35. The predicted octanol–water partition coefficient (Wildman–Crippen LogP) is 1.95. The zero-order valence-corrected chi connectivity index (χ0v) is 21.0. The van der Waals surface area contributed by atoms with Gasteiger partial charge in [-0.15, -0.1) is 5.06 Å². The van der Waals surface area contributed by atoms with E-state index in [0.29, 0.717) is 50.0 Å². The van der Waals surface area contributed by atoms with Gasteiger partial charge in [0.25, 0.3) is 17.7 Å².